The molecule has 0 saturated carbocycles. The van der Waals surface area contributed by atoms with E-state index in [2.05, 4.69) is 11.9 Å². The Bertz CT molecular complexity index is 456. The van der Waals surface area contributed by atoms with Gasteiger partial charge >= 0.3 is 0 Å². The van der Waals surface area contributed by atoms with Gasteiger partial charge in [-0.05, 0) is 5.56 Å². The summed E-state index contributed by atoms with van der Waals surface area (Å²) in [6.07, 6.45) is 2.16. The van der Waals surface area contributed by atoms with Gasteiger partial charge in [0, 0.05) is 13.0 Å². The van der Waals surface area contributed by atoms with Crippen molar-refractivity contribution >= 4 is 11.8 Å². The average molecular weight is 244 g/mol. The highest BCUT2D eigenvalue weighted by atomic mass is 16.2. The molecule has 1 saturated heterocycles. The predicted molar refractivity (Wildman–Crippen MR) is 68.9 cm³/mol. The second kappa shape index (κ2) is 5.49. The first-order valence-corrected chi connectivity index (χ1v) is 5.93. The van der Waals surface area contributed by atoms with Crippen molar-refractivity contribution in [1.82, 2.24) is 10.2 Å². The molecule has 0 unspecified atom stereocenters. The molecule has 2 rings (SSSR count). The van der Waals surface area contributed by atoms with Gasteiger partial charge in [-0.1, -0.05) is 36.4 Å². The topological polar surface area (TPSA) is 49.4 Å². The van der Waals surface area contributed by atoms with Gasteiger partial charge in [-0.3, -0.25) is 9.59 Å². The predicted octanol–water partition coefficient (Wildman–Crippen LogP) is 0.742. The van der Waals surface area contributed by atoms with Gasteiger partial charge in [-0.15, -0.1) is 6.58 Å². The average Bonchev–Trinajstić information content (AvgIpc) is 2.36. The molecular weight excluding hydrogens is 228 g/mol. The number of carbonyl (C=O) groups is 2. The van der Waals surface area contributed by atoms with Gasteiger partial charge in [0.25, 0.3) is 0 Å². The molecule has 0 bridgehead atoms. The molecule has 1 aliphatic rings. The van der Waals surface area contributed by atoms with Crippen molar-refractivity contribution in [2.75, 3.05) is 13.1 Å². The van der Waals surface area contributed by atoms with Gasteiger partial charge in [0.1, 0.15) is 6.04 Å². The monoisotopic (exact) mass is 244 g/mol. The van der Waals surface area contributed by atoms with Crippen LogP contribution in [0.3, 0.4) is 0 Å². The molecule has 4 heteroatoms. The first-order valence-electron chi connectivity index (χ1n) is 5.93. The molecule has 1 aromatic rings. The van der Waals surface area contributed by atoms with Crippen LogP contribution in [0.4, 0.5) is 0 Å². The van der Waals surface area contributed by atoms with Crippen molar-refractivity contribution in [3.63, 3.8) is 0 Å². The molecule has 94 valence electrons. The molecule has 1 aliphatic heterocycles. The number of nitrogens with one attached hydrogen (secondary N) is 1. The smallest absolute Gasteiger partial charge is 0.246 e. The summed E-state index contributed by atoms with van der Waals surface area (Å²) < 4.78 is 0. The highest BCUT2D eigenvalue weighted by molar-refractivity contribution is 5.95. The SMILES string of the molecule is C=CCN1CC(=O)N[C@@H](Cc2ccccc2)C1=O. The molecule has 1 atom stereocenters. The zero-order valence-electron chi connectivity index (χ0n) is 10.1. The molecule has 4 nitrogen and oxygen atoms in total. The lowest BCUT2D eigenvalue weighted by Gasteiger charge is -2.31. The van der Waals surface area contributed by atoms with E-state index in [1.54, 1.807) is 6.08 Å². The van der Waals surface area contributed by atoms with Crippen molar-refractivity contribution in [2.24, 2.45) is 0 Å². The highest BCUT2D eigenvalue weighted by Crippen LogP contribution is 2.09. The highest BCUT2D eigenvalue weighted by Gasteiger charge is 2.31. The minimum Gasteiger partial charge on any atom is -0.342 e. The molecule has 0 spiro atoms. The molecule has 18 heavy (non-hydrogen) atoms. The Morgan fingerprint density at radius 2 is 2.06 bits per heavy atom. The lowest BCUT2D eigenvalue weighted by atomic mass is 10.0. The number of nitrogens with zero attached hydrogens (tertiary/aromatic N) is 1. The van der Waals surface area contributed by atoms with Crippen molar-refractivity contribution in [1.29, 1.82) is 0 Å². The number of piperazine rings is 1. The fourth-order valence-corrected chi connectivity index (χ4v) is 2.07. The van der Waals surface area contributed by atoms with Crippen LogP contribution in [0.1, 0.15) is 5.56 Å². The standard InChI is InChI=1S/C14H16N2O2/c1-2-8-16-10-13(17)15-12(14(16)18)9-11-6-4-3-5-7-11/h2-7,12H,1,8-10H2,(H,15,17)/t12-/m0/s1. The fourth-order valence-electron chi connectivity index (χ4n) is 2.07. The second-order valence-electron chi connectivity index (χ2n) is 4.32. The summed E-state index contributed by atoms with van der Waals surface area (Å²) in [5.74, 6) is -0.157. The lowest BCUT2D eigenvalue weighted by molar-refractivity contribution is -0.143. The summed E-state index contributed by atoms with van der Waals surface area (Å²) >= 11 is 0. The molecule has 1 heterocycles. The van der Waals surface area contributed by atoms with Crippen LogP contribution in [0, 0.1) is 0 Å². The Labute approximate surface area is 106 Å². The van der Waals surface area contributed by atoms with E-state index in [0.29, 0.717) is 13.0 Å². The van der Waals surface area contributed by atoms with Crippen LogP contribution in [-0.4, -0.2) is 35.8 Å². The van der Waals surface area contributed by atoms with Gasteiger partial charge in [0.05, 0.1) is 6.54 Å². The van der Waals surface area contributed by atoms with E-state index in [1.165, 1.54) is 4.90 Å². The van der Waals surface area contributed by atoms with E-state index in [4.69, 9.17) is 0 Å². The third-order valence-electron chi connectivity index (χ3n) is 2.91. The summed E-state index contributed by atoms with van der Waals surface area (Å²) in [7, 11) is 0. The maximum absolute atomic E-state index is 12.1. The zero-order valence-corrected chi connectivity index (χ0v) is 10.1. The van der Waals surface area contributed by atoms with Crippen LogP contribution < -0.4 is 5.32 Å². The van der Waals surface area contributed by atoms with Crippen LogP contribution in [0.2, 0.25) is 0 Å². The Morgan fingerprint density at radius 3 is 2.72 bits per heavy atom. The van der Waals surface area contributed by atoms with Crippen molar-refractivity contribution < 1.29 is 9.59 Å². The Morgan fingerprint density at radius 1 is 1.33 bits per heavy atom. The first-order chi connectivity index (χ1) is 8.70. The number of hydrogen-bond donors (Lipinski definition) is 1. The van der Waals surface area contributed by atoms with Crippen LogP contribution in [-0.2, 0) is 16.0 Å². The molecule has 1 aromatic carbocycles. The maximum Gasteiger partial charge on any atom is 0.246 e. The summed E-state index contributed by atoms with van der Waals surface area (Å²) in [4.78, 5) is 25.2. The molecular formula is C14H16N2O2. The number of rotatable bonds is 4. The Kier molecular flexibility index (Phi) is 3.77. The number of hydrogen-bond acceptors (Lipinski definition) is 2. The minimum absolute atomic E-state index is 0.0432. The van der Waals surface area contributed by atoms with Gasteiger partial charge in [0.15, 0.2) is 0 Å². The third-order valence-corrected chi connectivity index (χ3v) is 2.91. The summed E-state index contributed by atoms with van der Waals surface area (Å²) in [6, 6.07) is 9.21. The maximum atomic E-state index is 12.1. The Balaban J connectivity index is 2.09. The van der Waals surface area contributed by atoms with Crippen LogP contribution in [0.15, 0.2) is 43.0 Å². The van der Waals surface area contributed by atoms with E-state index >= 15 is 0 Å². The van der Waals surface area contributed by atoms with E-state index in [1.807, 2.05) is 30.3 Å². The first kappa shape index (κ1) is 12.4. The summed E-state index contributed by atoms with van der Waals surface area (Å²) in [5.41, 5.74) is 1.04. The normalized spacial score (nSPS) is 19.6. The molecule has 0 radical (unpaired) electrons. The minimum atomic E-state index is -0.464. The third kappa shape index (κ3) is 2.77. The second-order valence-corrected chi connectivity index (χ2v) is 4.32. The van der Waals surface area contributed by atoms with E-state index < -0.39 is 6.04 Å². The van der Waals surface area contributed by atoms with E-state index in [0.717, 1.165) is 5.56 Å². The number of carbonyl (C=O) groups excluding carboxylic acids is 2. The van der Waals surface area contributed by atoms with Crippen LogP contribution in [0.25, 0.3) is 0 Å². The summed E-state index contributed by atoms with van der Waals surface area (Å²) in [6.45, 7) is 4.13. The van der Waals surface area contributed by atoms with E-state index in [9.17, 15) is 9.59 Å². The molecule has 1 N–H and O–H groups in total. The van der Waals surface area contributed by atoms with Crippen LogP contribution in [0.5, 0.6) is 0 Å². The Hall–Kier alpha value is -2.10. The van der Waals surface area contributed by atoms with Gasteiger partial charge < -0.3 is 10.2 Å². The van der Waals surface area contributed by atoms with E-state index in [-0.39, 0.29) is 18.4 Å². The zero-order chi connectivity index (χ0) is 13.0. The molecule has 0 aromatic heterocycles. The quantitative estimate of drug-likeness (QED) is 0.794. The van der Waals surface area contributed by atoms with Crippen molar-refractivity contribution in [3.05, 3.63) is 48.6 Å². The number of amides is 2. The van der Waals surface area contributed by atoms with Crippen molar-refractivity contribution in [3.8, 4) is 0 Å². The molecule has 2 amide bonds. The fraction of sp³-hybridized carbons (Fsp3) is 0.286. The molecule has 0 aliphatic carbocycles. The largest absolute Gasteiger partial charge is 0.342 e. The summed E-state index contributed by atoms with van der Waals surface area (Å²) in [5, 5.41) is 2.74. The van der Waals surface area contributed by atoms with Gasteiger partial charge in [-0.25, -0.2) is 0 Å². The lowest BCUT2D eigenvalue weighted by Crippen LogP contribution is -2.58. The number of benzene rings is 1. The van der Waals surface area contributed by atoms with Crippen molar-refractivity contribution in [2.45, 2.75) is 12.5 Å². The molecule has 1 fully saturated rings. The van der Waals surface area contributed by atoms with Gasteiger partial charge in [0.2, 0.25) is 11.8 Å². The van der Waals surface area contributed by atoms with Crippen LogP contribution >= 0.6 is 0 Å². The van der Waals surface area contributed by atoms with Gasteiger partial charge in [-0.2, -0.15) is 0 Å².